The average molecular weight is 624 g/mol. The Morgan fingerprint density at radius 1 is 1.12 bits per heavy atom. The van der Waals surface area contributed by atoms with Gasteiger partial charge in [-0.15, -0.1) is 0 Å². The third kappa shape index (κ3) is 5.45. The minimum atomic E-state index is -5.65. The number of sulfone groups is 1. The summed E-state index contributed by atoms with van der Waals surface area (Å²) >= 11 is 0. The zero-order chi connectivity index (χ0) is 31.3. The van der Waals surface area contributed by atoms with Gasteiger partial charge in [-0.2, -0.15) is 13.2 Å². The minimum Gasteiger partial charge on any atom is -0.496 e. The van der Waals surface area contributed by atoms with E-state index < -0.39 is 67.4 Å². The Bertz CT molecular complexity index is 1770. The molecule has 226 valence electrons. The quantitative estimate of drug-likeness (QED) is 0.248. The number of allylic oxidation sites excluding steroid dienone is 1. The fourth-order valence-corrected chi connectivity index (χ4v) is 6.07. The summed E-state index contributed by atoms with van der Waals surface area (Å²) in [6, 6.07) is 4.89. The van der Waals surface area contributed by atoms with E-state index in [-0.39, 0.29) is 34.4 Å². The highest BCUT2D eigenvalue weighted by atomic mass is 32.2. The molecule has 43 heavy (non-hydrogen) atoms. The van der Waals surface area contributed by atoms with Gasteiger partial charge < -0.3 is 24.9 Å². The smallest absolute Gasteiger partial charge is 0.496 e. The molecule has 0 unspecified atom stereocenters. The van der Waals surface area contributed by atoms with E-state index in [9.17, 15) is 40.4 Å². The molecule has 0 radical (unpaired) electrons. The minimum absolute atomic E-state index is 0.175. The summed E-state index contributed by atoms with van der Waals surface area (Å²) in [5, 5.41) is 14.3. The zero-order valence-electron chi connectivity index (χ0n) is 21.9. The van der Waals surface area contributed by atoms with Crippen molar-refractivity contribution in [3.63, 3.8) is 0 Å². The van der Waals surface area contributed by atoms with Crippen molar-refractivity contribution in [3.05, 3.63) is 71.9 Å². The number of rotatable bonds is 8. The van der Waals surface area contributed by atoms with Crippen molar-refractivity contribution in [2.45, 2.75) is 22.9 Å². The van der Waals surface area contributed by atoms with Gasteiger partial charge in [0.25, 0.3) is 15.7 Å². The largest absolute Gasteiger partial charge is 0.501 e. The van der Waals surface area contributed by atoms with Crippen LogP contribution in [-0.2, 0) is 14.6 Å². The Hall–Kier alpha value is -4.73. The van der Waals surface area contributed by atoms with Crippen LogP contribution in [0, 0.1) is 23.6 Å². The molecule has 5 rings (SSSR count). The van der Waals surface area contributed by atoms with E-state index >= 15 is 0 Å². The molecule has 2 aliphatic rings. The average Bonchev–Trinajstić information content (AvgIpc) is 3.69. The maximum Gasteiger partial charge on any atom is 0.501 e. The Morgan fingerprint density at radius 2 is 1.84 bits per heavy atom. The second-order valence-electron chi connectivity index (χ2n) is 9.81. The summed E-state index contributed by atoms with van der Waals surface area (Å²) < 4.78 is 87.7. The molecule has 4 atom stereocenters. The van der Waals surface area contributed by atoms with Gasteiger partial charge >= 0.3 is 11.5 Å². The number of anilines is 1. The lowest BCUT2D eigenvalue weighted by Gasteiger charge is -2.28. The first-order valence-corrected chi connectivity index (χ1v) is 14.0. The number of halogens is 4. The first-order valence-electron chi connectivity index (χ1n) is 12.5. The van der Waals surface area contributed by atoms with Gasteiger partial charge in [-0.1, -0.05) is 18.2 Å². The zero-order valence-corrected chi connectivity index (χ0v) is 22.7. The van der Waals surface area contributed by atoms with Gasteiger partial charge in [-0.05, 0) is 42.5 Å². The van der Waals surface area contributed by atoms with E-state index in [0.29, 0.717) is 12.5 Å². The van der Waals surface area contributed by atoms with Crippen molar-refractivity contribution >= 4 is 33.3 Å². The molecule has 1 fully saturated rings. The number of alkyl halides is 3. The number of benzene rings is 2. The predicted molar refractivity (Wildman–Crippen MR) is 139 cm³/mol. The number of nitrogens with zero attached hydrogens (tertiary/aromatic N) is 1. The number of amides is 2. The molecular weight excluding hydrogens is 602 g/mol. The second kappa shape index (κ2) is 10.8. The summed E-state index contributed by atoms with van der Waals surface area (Å²) in [5.41, 5.74) is -6.71. The maximum absolute atomic E-state index is 14.8. The number of nitrogens with one attached hydrogen (secondary N) is 2. The Balaban J connectivity index is 1.40. The number of carboxylic acid groups (broad SMARTS) is 1. The van der Waals surface area contributed by atoms with E-state index in [0.717, 1.165) is 30.5 Å². The number of ether oxygens (including phenoxy) is 1. The SMILES string of the molecule is COc1cc(F)c(-c2nc(C(=O)O)co2)cc1C(=O)N[C@@H]1[C@H](C(=O)Nc2cccc(S(=O)(=O)C(F)(F)F)c2)[C@H]2C=C[C@@H]1C2. The lowest BCUT2D eigenvalue weighted by molar-refractivity contribution is -0.121. The van der Waals surface area contributed by atoms with E-state index in [2.05, 4.69) is 15.6 Å². The molecule has 2 aliphatic carbocycles. The van der Waals surface area contributed by atoms with Crippen LogP contribution < -0.4 is 15.4 Å². The van der Waals surface area contributed by atoms with Crippen molar-refractivity contribution < 1.29 is 54.6 Å². The Kier molecular flexibility index (Phi) is 7.50. The van der Waals surface area contributed by atoms with Gasteiger partial charge in [0.05, 0.1) is 29.1 Å². The van der Waals surface area contributed by atoms with Crippen LogP contribution in [0.25, 0.3) is 11.5 Å². The molecule has 16 heteroatoms. The van der Waals surface area contributed by atoms with Crippen molar-refractivity contribution in [2.24, 2.45) is 17.8 Å². The summed E-state index contributed by atoms with van der Waals surface area (Å²) in [5.74, 6) is -5.87. The van der Waals surface area contributed by atoms with Crippen LogP contribution in [0.3, 0.4) is 0 Å². The van der Waals surface area contributed by atoms with E-state index in [1.54, 1.807) is 6.08 Å². The fourth-order valence-electron chi connectivity index (χ4n) is 5.27. The molecule has 3 aromatic rings. The van der Waals surface area contributed by atoms with Crippen LogP contribution in [0.1, 0.15) is 27.3 Å². The fraction of sp³-hybridized carbons (Fsp3) is 0.259. The van der Waals surface area contributed by atoms with Crippen molar-refractivity contribution in [3.8, 4) is 17.2 Å². The topological polar surface area (TPSA) is 165 Å². The van der Waals surface area contributed by atoms with Crippen molar-refractivity contribution in [1.29, 1.82) is 0 Å². The number of carboxylic acids is 1. The lowest BCUT2D eigenvalue weighted by Crippen LogP contribution is -2.47. The molecule has 1 heterocycles. The third-order valence-corrected chi connectivity index (χ3v) is 8.75. The monoisotopic (exact) mass is 623 g/mol. The molecule has 2 amide bonds. The number of hydrogen-bond donors (Lipinski definition) is 3. The predicted octanol–water partition coefficient (Wildman–Crippen LogP) is 4.04. The van der Waals surface area contributed by atoms with Gasteiger partial charge in [0.1, 0.15) is 17.8 Å². The molecule has 0 saturated heterocycles. The first kappa shape index (κ1) is 29.8. The number of aromatic nitrogens is 1. The lowest BCUT2D eigenvalue weighted by atomic mass is 9.87. The van der Waals surface area contributed by atoms with Gasteiger partial charge in [-0.25, -0.2) is 22.6 Å². The molecular formula is C27H21F4N3O8S. The normalized spacial score (nSPS) is 21.0. The maximum atomic E-state index is 14.8. The summed E-state index contributed by atoms with van der Waals surface area (Å²) in [4.78, 5) is 40.6. The van der Waals surface area contributed by atoms with Crippen LogP contribution in [0.15, 0.2) is 64.1 Å². The highest BCUT2D eigenvalue weighted by Crippen LogP contribution is 2.45. The summed E-state index contributed by atoms with van der Waals surface area (Å²) in [6.07, 6.45) is 4.87. The van der Waals surface area contributed by atoms with E-state index in [1.807, 2.05) is 6.08 Å². The third-order valence-electron chi connectivity index (χ3n) is 7.26. The molecule has 2 aromatic carbocycles. The molecule has 0 aliphatic heterocycles. The number of fused-ring (bicyclic) bond motifs is 2. The van der Waals surface area contributed by atoms with Gasteiger partial charge in [-0.3, -0.25) is 9.59 Å². The summed E-state index contributed by atoms with van der Waals surface area (Å²) in [6.45, 7) is 0. The van der Waals surface area contributed by atoms with Crippen LogP contribution in [0.2, 0.25) is 0 Å². The van der Waals surface area contributed by atoms with Crippen molar-refractivity contribution in [2.75, 3.05) is 12.4 Å². The molecule has 0 spiro atoms. The molecule has 3 N–H and O–H groups in total. The second-order valence-corrected chi connectivity index (χ2v) is 11.8. The van der Waals surface area contributed by atoms with Crippen LogP contribution in [0.4, 0.5) is 23.2 Å². The Morgan fingerprint density at radius 3 is 2.49 bits per heavy atom. The molecule has 1 aromatic heterocycles. The Labute approximate surface area is 240 Å². The highest BCUT2D eigenvalue weighted by Gasteiger charge is 2.49. The molecule has 1 saturated carbocycles. The number of aromatic carboxylic acids is 1. The summed E-state index contributed by atoms with van der Waals surface area (Å²) in [7, 11) is -4.46. The first-order chi connectivity index (χ1) is 20.2. The number of carbonyl (C=O) groups is 3. The molecule has 2 bridgehead atoms. The van der Waals surface area contributed by atoms with Crippen molar-refractivity contribution in [1.82, 2.24) is 10.3 Å². The highest BCUT2D eigenvalue weighted by molar-refractivity contribution is 7.92. The van der Waals surface area contributed by atoms with E-state index in [4.69, 9.17) is 14.3 Å². The number of hydrogen-bond acceptors (Lipinski definition) is 8. The van der Waals surface area contributed by atoms with E-state index in [1.165, 1.54) is 13.2 Å². The number of methoxy groups -OCH3 is 1. The van der Waals surface area contributed by atoms with Gasteiger partial charge in [0.15, 0.2) is 5.69 Å². The van der Waals surface area contributed by atoms with Crippen LogP contribution in [0.5, 0.6) is 5.75 Å². The number of carbonyl (C=O) groups excluding carboxylic acids is 2. The van der Waals surface area contributed by atoms with Gasteiger partial charge in [0, 0.05) is 17.8 Å². The van der Waals surface area contributed by atoms with Gasteiger partial charge in [0.2, 0.25) is 11.8 Å². The number of oxazole rings is 1. The van der Waals surface area contributed by atoms with Crippen LogP contribution >= 0.6 is 0 Å². The van der Waals surface area contributed by atoms with Crippen LogP contribution in [-0.4, -0.2) is 55.0 Å². The molecule has 11 nitrogen and oxygen atoms in total. The standard InChI is InChI=1S/C27H21F4N3O8S/c1-41-20-10-18(28)16(25-33-19(11-42-25)26(37)38)9-17(20)23(35)34-22-13-6-5-12(7-13)21(22)24(36)32-14-3-2-4-15(8-14)43(39,40)27(29,30)31/h2-6,8-13,21-22H,7H2,1H3,(H,32,36)(H,34,35)(H,37,38)/t12-,13+,21+,22-/m0/s1.